The van der Waals surface area contributed by atoms with Crippen molar-refractivity contribution in [2.75, 3.05) is 13.6 Å². The normalized spacial score (nSPS) is 12.1. The Morgan fingerprint density at radius 3 is 2.47 bits per heavy atom. The van der Waals surface area contributed by atoms with Crippen molar-refractivity contribution in [3.8, 4) is 0 Å². The van der Waals surface area contributed by atoms with Crippen LogP contribution in [0.15, 0.2) is 12.1 Å². The van der Waals surface area contributed by atoms with E-state index in [4.69, 9.17) is 16.7 Å². The van der Waals surface area contributed by atoms with Crippen LogP contribution >= 0.6 is 11.6 Å². The second-order valence-corrected chi connectivity index (χ2v) is 4.58. The number of carboxylic acids is 1. The third kappa shape index (κ3) is 3.64. The van der Waals surface area contributed by atoms with Gasteiger partial charge in [-0.15, -0.1) is 0 Å². The highest BCUT2D eigenvalue weighted by Gasteiger charge is 2.22. The average Bonchev–Trinajstić information content (AvgIpc) is 2.32. The molecule has 1 amide bonds. The second kappa shape index (κ2) is 5.97. The fourth-order valence-corrected chi connectivity index (χ4v) is 1.61. The van der Waals surface area contributed by atoms with Gasteiger partial charge in [0.1, 0.15) is 11.6 Å². The Kier molecular flexibility index (Phi) is 4.83. The van der Waals surface area contributed by atoms with Crippen molar-refractivity contribution in [2.45, 2.75) is 6.92 Å². The largest absolute Gasteiger partial charge is 0.481 e. The van der Waals surface area contributed by atoms with Crippen LogP contribution in [-0.2, 0) is 4.79 Å². The summed E-state index contributed by atoms with van der Waals surface area (Å²) in [6, 6.07) is 1.40. The fraction of sp³-hybridized carbons (Fsp3) is 0.333. The fourth-order valence-electron chi connectivity index (χ4n) is 1.46. The summed E-state index contributed by atoms with van der Waals surface area (Å²) in [5.74, 6) is -4.56. The molecule has 0 aliphatic rings. The Labute approximate surface area is 113 Å². The molecule has 4 nitrogen and oxygen atoms in total. The first kappa shape index (κ1) is 15.4. The topological polar surface area (TPSA) is 57.6 Å². The molecule has 7 heteroatoms. The molecule has 0 aliphatic carbocycles. The molecule has 0 bridgehead atoms. The summed E-state index contributed by atoms with van der Waals surface area (Å²) in [7, 11) is 1.31. The zero-order valence-electron chi connectivity index (χ0n) is 10.3. The summed E-state index contributed by atoms with van der Waals surface area (Å²) < 4.78 is 26.7. The molecule has 19 heavy (non-hydrogen) atoms. The average molecular weight is 292 g/mol. The van der Waals surface area contributed by atoms with Gasteiger partial charge in [0.15, 0.2) is 0 Å². The number of aliphatic carboxylic acids is 1. The molecule has 1 N–H and O–H groups in total. The molecule has 1 aromatic rings. The van der Waals surface area contributed by atoms with Gasteiger partial charge in [0.25, 0.3) is 5.91 Å². The monoisotopic (exact) mass is 291 g/mol. The van der Waals surface area contributed by atoms with Crippen LogP contribution in [0.25, 0.3) is 0 Å². The number of hydrogen-bond acceptors (Lipinski definition) is 2. The Balaban J connectivity index is 2.94. The van der Waals surface area contributed by atoms with Gasteiger partial charge in [-0.1, -0.05) is 18.5 Å². The molecule has 0 aromatic heterocycles. The highest BCUT2D eigenvalue weighted by molar-refractivity contribution is 6.30. The molecule has 0 heterocycles. The quantitative estimate of drug-likeness (QED) is 0.867. The second-order valence-electron chi connectivity index (χ2n) is 4.17. The van der Waals surface area contributed by atoms with Crippen LogP contribution in [0.2, 0.25) is 5.02 Å². The summed E-state index contributed by atoms with van der Waals surface area (Å²) in [6.45, 7) is 1.29. The number of amides is 1. The lowest BCUT2D eigenvalue weighted by molar-refractivity contribution is -0.141. The van der Waals surface area contributed by atoms with Gasteiger partial charge in [0.05, 0.1) is 16.5 Å². The van der Waals surface area contributed by atoms with E-state index in [9.17, 15) is 18.4 Å². The summed E-state index contributed by atoms with van der Waals surface area (Å²) in [6.07, 6.45) is 0. The van der Waals surface area contributed by atoms with Gasteiger partial charge in [-0.05, 0) is 12.1 Å². The number of halogens is 3. The maximum Gasteiger partial charge on any atom is 0.308 e. The first-order valence-electron chi connectivity index (χ1n) is 5.36. The molecule has 0 saturated carbocycles. The van der Waals surface area contributed by atoms with Crippen molar-refractivity contribution in [1.29, 1.82) is 0 Å². The molecule has 1 aromatic carbocycles. The summed E-state index contributed by atoms with van der Waals surface area (Å²) in [5, 5.41) is 8.31. The third-order valence-corrected chi connectivity index (χ3v) is 2.85. The van der Waals surface area contributed by atoms with Gasteiger partial charge in [0.2, 0.25) is 0 Å². The standard InChI is InChI=1S/C12H12ClF2NO3/c1-6(12(18)19)5-16(2)11(17)7-3-10(15)8(13)4-9(7)14/h3-4,6H,5H2,1-2H3,(H,18,19). The molecular weight excluding hydrogens is 280 g/mol. The Morgan fingerprint density at radius 2 is 1.95 bits per heavy atom. The van der Waals surface area contributed by atoms with Gasteiger partial charge in [-0.25, -0.2) is 8.78 Å². The predicted molar refractivity (Wildman–Crippen MR) is 65.1 cm³/mol. The van der Waals surface area contributed by atoms with Crippen molar-refractivity contribution in [3.05, 3.63) is 34.4 Å². The van der Waals surface area contributed by atoms with Crippen LogP contribution in [0.1, 0.15) is 17.3 Å². The molecule has 104 valence electrons. The highest BCUT2D eigenvalue weighted by Crippen LogP contribution is 2.20. The summed E-state index contributed by atoms with van der Waals surface area (Å²) in [4.78, 5) is 23.6. The first-order chi connectivity index (χ1) is 8.73. The molecule has 0 saturated heterocycles. The Morgan fingerprint density at radius 1 is 1.37 bits per heavy atom. The minimum absolute atomic E-state index is 0.113. The Bertz CT molecular complexity index is 522. The van der Waals surface area contributed by atoms with Crippen LogP contribution in [0.4, 0.5) is 8.78 Å². The molecule has 0 spiro atoms. The predicted octanol–water partition coefficient (Wildman–Crippen LogP) is 2.41. The van der Waals surface area contributed by atoms with E-state index in [0.717, 1.165) is 4.90 Å². The summed E-state index contributed by atoms with van der Waals surface area (Å²) >= 11 is 5.38. The van der Waals surface area contributed by atoms with Gasteiger partial charge in [-0.2, -0.15) is 0 Å². The van der Waals surface area contributed by atoms with Gasteiger partial charge >= 0.3 is 5.97 Å². The third-order valence-electron chi connectivity index (χ3n) is 2.56. The van der Waals surface area contributed by atoms with E-state index in [0.29, 0.717) is 12.1 Å². The van der Waals surface area contributed by atoms with E-state index in [-0.39, 0.29) is 6.54 Å². The van der Waals surface area contributed by atoms with Gasteiger partial charge < -0.3 is 10.0 Å². The number of carbonyl (C=O) groups is 2. The van der Waals surface area contributed by atoms with E-state index in [1.165, 1.54) is 14.0 Å². The highest BCUT2D eigenvalue weighted by atomic mass is 35.5. The first-order valence-corrected chi connectivity index (χ1v) is 5.74. The van der Waals surface area contributed by atoms with Crippen molar-refractivity contribution < 1.29 is 23.5 Å². The molecule has 0 radical (unpaired) electrons. The lowest BCUT2D eigenvalue weighted by Crippen LogP contribution is -2.34. The molecule has 1 unspecified atom stereocenters. The molecule has 1 atom stereocenters. The van der Waals surface area contributed by atoms with Gasteiger partial charge in [0, 0.05) is 13.6 Å². The minimum atomic E-state index is -1.08. The zero-order chi connectivity index (χ0) is 14.7. The number of rotatable bonds is 4. The number of nitrogens with zero attached hydrogens (tertiary/aromatic N) is 1. The van der Waals surface area contributed by atoms with Crippen LogP contribution in [0.3, 0.4) is 0 Å². The van der Waals surface area contributed by atoms with E-state index in [2.05, 4.69) is 0 Å². The zero-order valence-corrected chi connectivity index (χ0v) is 11.0. The smallest absolute Gasteiger partial charge is 0.308 e. The van der Waals surface area contributed by atoms with Crippen molar-refractivity contribution in [2.24, 2.45) is 5.92 Å². The maximum absolute atomic E-state index is 13.5. The van der Waals surface area contributed by atoms with Gasteiger partial charge in [-0.3, -0.25) is 9.59 Å². The van der Waals surface area contributed by atoms with Crippen LogP contribution < -0.4 is 0 Å². The van der Waals surface area contributed by atoms with E-state index in [1.54, 1.807) is 0 Å². The number of hydrogen-bond donors (Lipinski definition) is 1. The maximum atomic E-state index is 13.5. The lowest BCUT2D eigenvalue weighted by atomic mass is 10.1. The van der Waals surface area contributed by atoms with Crippen molar-refractivity contribution in [3.63, 3.8) is 0 Å². The van der Waals surface area contributed by atoms with Crippen LogP contribution in [-0.4, -0.2) is 35.5 Å². The van der Waals surface area contributed by atoms with Crippen LogP contribution in [0, 0.1) is 17.6 Å². The SMILES string of the molecule is CC(CN(C)C(=O)c1cc(F)c(Cl)cc1F)C(=O)O. The molecule has 1 rings (SSSR count). The molecular formula is C12H12ClF2NO3. The van der Waals surface area contributed by atoms with Crippen LogP contribution in [0.5, 0.6) is 0 Å². The lowest BCUT2D eigenvalue weighted by Gasteiger charge is -2.19. The summed E-state index contributed by atoms with van der Waals surface area (Å²) in [5.41, 5.74) is -0.484. The number of carbonyl (C=O) groups excluding carboxylic acids is 1. The van der Waals surface area contributed by atoms with Crippen molar-refractivity contribution in [1.82, 2.24) is 4.90 Å². The number of benzene rings is 1. The Hall–Kier alpha value is -1.69. The number of carboxylic acid groups (broad SMARTS) is 1. The molecule has 0 aliphatic heterocycles. The molecule has 0 fully saturated rings. The van der Waals surface area contributed by atoms with E-state index >= 15 is 0 Å². The van der Waals surface area contributed by atoms with E-state index in [1.807, 2.05) is 0 Å². The minimum Gasteiger partial charge on any atom is -0.481 e. The van der Waals surface area contributed by atoms with Crippen molar-refractivity contribution >= 4 is 23.5 Å². The van der Waals surface area contributed by atoms with E-state index < -0.39 is 40.0 Å².